The third-order valence-corrected chi connectivity index (χ3v) is 2.38. The molecule has 2 aromatic rings. The molecule has 2 aromatic heterocycles. The van der Waals surface area contributed by atoms with Gasteiger partial charge in [0.15, 0.2) is 0 Å². The van der Waals surface area contributed by atoms with Crippen molar-refractivity contribution < 1.29 is 0 Å². The van der Waals surface area contributed by atoms with Gasteiger partial charge in [0.1, 0.15) is 11.5 Å². The summed E-state index contributed by atoms with van der Waals surface area (Å²) in [5.41, 5.74) is 0.609. The smallest absolute Gasteiger partial charge is 0.275 e. The van der Waals surface area contributed by atoms with Crippen LogP contribution in [0.15, 0.2) is 35.3 Å². The maximum atomic E-state index is 11.5. The van der Waals surface area contributed by atoms with Crippen LogP contribution in [0.5, 0.6) is 0 Å². The second kappa shape index (κ2) is 4.20. The van der Waals surface area contributed by atoms with Crippen LogP contribution >= 0.6 is 0 Å². The van der Waals surface area contributed by atoms with Crippen molar-refractivity contribution in [2.24, 2.45) is 5.41 Å². The van der Waals surface area contributed by atoms with Gasteiger partial charge in [-0.2, -0.15) is 4.98 Å². The summed E-state index contributed by atoms with van der Waals surface area (Å²) in [7, 11) is 0. The number of nitrogens with zero attached hydrogens (tertiary/aromatic N) is 2. The number of hydrogen-bond donors (Lipinski definition) is 1. The molecule has 4 heteroatoms. The van der Waals surface area contributed by atoms with Gasteiger partial charge in [0, 0.05) is 18.8 Å². The summed E-state index contributed by atoms with van der Waals surface area (Å²) in [6, 6.07) is 7.14. The van der Waals surface area contributed by atoms with Crippen molar-refractivity contribution in [1.82, 2.24) is 9.38 Å². The maximum absolute atomic E-state index is 11.5. The quantitative estimate of drug-likeness (QED) is 0.861. The zero-order valence-corrected chi connectivity index (χ0v) is 10.4. The minimum absolute atomic E-state index is 0.161. The van der Waals surface area contributed by atoms with Crippen molar-refractivity contribution in [2.75, 3.05) is 11.9 Å². The van der Waals surface area contributed by atoms with Crippen LogP contribution in [0, 0.1) is 5.41 Å². The molecular weight excluding hydrogens is 214 g/mol. The van der Waals surface area contributed by atoms with Crippen molar-refractivity contribution in [3.63, 3.8) is 0 Å². The number of anilines is 1. The Hall–Kier alpha value is -1.84. The lowest BCUT2D eigenvalue weighted by atomic mass is 9.97. The lowest BCUT2D eigenvalue weighted by Crippen LogP contribution is -2.22. The van der Waals surface area contributed by atoms with Crippen molar-refractivity contribution in [3.05, 3.63) is 40.8 Å². The normalized spacial score (nSPS) is 11.7. The number of rotatable bonds is 2. The molecule has 0 unspecified atom stereocenters. The molecule has 1 N–H and O–H groups in total. The number of fused-ring (bicyclic) bond motifs is 1. The van der Waals surface area contributed by atoms with Gasteiger partial charge < -0.3 is 5.32 Å². The van der Waals surface area contributed by atoms with Gasteiger partial charge in [-0.15, -0.1) is 0 Å². The summed E-state index contributed by atoms with van der Waals surface area (Å²) in [5.74, 6) is 0.788. The Morgan fingerprint density at radius 1 is 1.35 bits per heavy atom. The Kier molecular flexibility index (Phi) is 2.88. The minimum Gasteiger partial charge on any atom is -0.370 e. The average molecular weight is 231 g/mol. The van der Waals surface area contributed by atoms with E-state index < -0.39 is 0 Å². The van der Waals surface area contributed by atoms with E-state index in [1.807, 2.05) is 28.8 Å². The first-order chi connectivity index (χ1) is 7.96. The highest BCUT2D eigenvalue weighted by Gasteiger charge is 2.10. The summed E-state index contributed by atoms with van der Waals surface area (Å²) in [4.78, 5) is 15.4. The van der Waals surface area contributed by atoms with Crippen molar-refractivity contribution in [1.29, 1.82) is 0 Å². The van der Waals surface area contributed by atoms with E-state index in [1.54, 1.807) is 0 Å². The lowest BCUT2D eigenvalue weighted by molar-refractivity contribution is 0.442. The van der Waals surface area contributed by atoms with E-state index in [0.29, 0.717) is 5.65 Å². The number of nitrogens with one attached hydrogen (secondary N) is 1. The molecule has 0 radical (unpaired) electrons. The summed E-state index contributed by atoms with van der Waals surface area (Å²) in [5, 5.41) is 3.29. The van der Waals surface area contributed by atoms with Gasteiger partial charge in [-0.3, -0.25) is 9.20 Å². The first-order valence-electron chi connectivity index (χ1n) is 5.68. The van der Waals surface area contributed by atoms with E-state index in [2.05, 4.69) is 31.1 Å². The molecule has 0 fully saturated rings. The van der Waals surface area contributed by atoms with Gasteiger partial charge in [-0.05, 0) is 17.5 Å². The van der Waals surface area contributed by atoms with Gasteiger partial charge in [-0.1, -0.05) is 26.8 Å². The Labute approximate surface area is 100 Å². The molecule has 90 valence electrons. The molecule has 0 aliphatic carbocycles. The second-order valence-electron chi connectivity index (χ2n) is 5.32. The van der Waals surface area contributed by atoms with Crippen molar-refractivity contribution in [3.8, 4) is 0 Å². The Morgan fingerprint density at radius 2 is 2.12 bits per heavy atom. The number of hydrogen-bond acceptors (Lipinski definition) is 3. The lowest BCUT2D eigenvalue weighted by Gasteiger charge is -2.20. The predicted octanol–water partition coefficient (Wildman–Crippen LogP) is 2.15. The first-order valence-corrected chi connectivity index (χ1v) is 5.68. The Balaban J connectivity index is 2.42. The SMILES string of the molecule is CC(C)(C)CNc1cc(=O)nc2ccccn12. The molecular formula is C13H17N3O. The van der Waals surface area contributed by atoms with Gasteiger partial charge in [0.25, 0.3) is 5.56 Å². The highest BCUT2D eigenvalue weighted by Crippen LogP contribution is 2.15. The fourth-order valence-corrected chi connectivity index (χ4v) is 1.55. The molecule has 0 aliphatic heterocycles. The van der Waals surface area contributed by atoms with E-state index in [4.69, 9.17) is 0 Å². The van der Waals surface area contributed by atoms with Crippen LogP contribution in [0.25, 0.3) is 5.65 Å². The number of pyridine rings is 1. The molecule has 0 aromatic carbocycles. The fourth-order valence-electron chi connectivity index (χ4n) is 1.55. The molecule has 0 atom stereocenters. The molecule has 0 aliphatic rings. The highest BCUT2D eigenvalue weighted by atomic mass is 16.1. The predicted molar refractivity (Wildman–Crippen MR) is 69.4 cm³/mol. The monoisotopic (exact) mass is 231 g/mol. The molecule has 4 nitrogen and oxygen atoms in total. The molecule has 0 bridgehead atoms. The minimum atomic E-state index is -0.215. The van der Waals surface area contributed by atoms with E-state index in [0.717, 1.165) is 12.4 Å². The summed E-state index contributed by atoms with van der Waals surface area (Å²) < 4.78 is 1.88. The Morgan fingerprint density at radius 3 is 2.82 bits per heavy atom. The van der Waals surface area contributed by atoms with E-state index >= 15 is 0 Å². The van der Waals surface area contributed by atoms with Gasteiger partial charge in [-0.25, -0.2) is 0 Å². The van der Waals surface area contributed by atoms with Gasteiger partial charge in [0.2, 0.25) is 0 Å². The van der Waals surface area contributed by atoms with Crippen LogP contribution in [-0.2, 0) is 0 Å². The third kappa shape index (κ3) is 2.84. The first kappa shape index (κ1) is 11.6. The van der Waals surface area contributed by atoms with Crippen LogP contribution in [-0.4, -0.2) is 15.9 Å². The van der Waals surface area contributed by atoms with Crippen LogP contribution in [0.4, 0.5) is 5.82 Å². The van der Waals surface area contributed by atoms with Crippen LogP contribution < -0.4 is 10.9 Å². The second-order valence-corrected chi connectivity index (χ2v) is 5.32. The van der Waals surface area contributed by atoms with Crippen LogP contribution in [0.3, 0.4) is 0 Å². The molecule has 2 rings (SSSR count). The van der Waals surface area contributed by atoms with Crippen LogP contribution in [0.2, 0.25) is 0 Å². The van der Waals surface area contributed by atoms with Crippen LogP contribution in [0.1, 0.15) is 20.8 Å². The summed E-state index contributed by atoms with van der Waals surface area (Å²) in [6.07, 6.45) is 1.90. The zero-order chi connectivity index (χ0) is 12.5. The van der Waals surface area contributed by atoms with Crippen molar-refractivity contribution >= 4 is 11.5 Å². The molecule has 0 saturated heterocycles. The molecule has 0 amide bonds. The van der Waals surface area contributed by atoms with Gasteiger partial charge in [0.05, 0.1) is 0 Å². The summed E-state index contributed by atoms with van der Waals surface area (Å²) in [6.45, 7) is 7.23. The standard InChI is InChI=1S/C13H17N3O/c1-13(2,3)9-14-11-8-12(17)15-10-6-4-5-7-16(10)11/h4-8,14H,9H2,1-3H3. The topological polar surface area (TPSA) is 46.4 Å². The highest BCUT2D eigenvalue weighted by molar-refractivity contribution is 5.48. The molecule has 0 spiro atoms. The molecule has 2 heterocycles. The summed E-state index contributed by atoms with van der Waals surface area (Å²) >= 11 is 0. The Bertz CT molecular complexity index is 581. The zero-order valence-electron chi connectivity index (χ0n) is 10.4. The molecule has 17 heavy (non-hydrogen) atoms. The van der Waals surface area contributed by atoms with E-state index in [-0.39, 0.29) is 11.0 Å². The third-order valence-electron chi connectivity index (χ3n) is 2.38. The largest absolute Gasteiger partial charge is 0.370 e. The van der Waals surface area contributed by atoms with Crippen molar-refractivity contribution in [2.45, 2.75) is 20.8 Å². The molecule has 0 saturated carbocycles. The number of aromatic nitrogens is 2. The van der Waals surface area contributed by atoms with Gasteiger partial charge >= 0.3 is 0 Å². The average Bonchev–Trinajstić information content (AvgIpc) is 2.24. The van der Waals surface area contributed by atoms with E-state index in [9.17, 15) is 4.79 Å². The fraction of sp³-hybridized carbons (Fsp3) is 0.385. The maximum Gasteiger partial charge on any atom is 0.275 e. The van der Waals surface area contributed by atoms with E-state index in [1.165, 1.54) is 6.07 Å².